The summed E-state index contributed by atoms with van der Waals surface area (Å²) in [4.78, 5) is 13.2. The minimum atomic E-state index is -0.441. The molecule has 0 aliphatic carbocycles. The molecule has 2 rings (SSSR count). The van der Waals surface area contributed by atoms with E-state index >= 15 is 0 Å². The zero-order valence-corrected chi connectivity index (χ0v) is 12.1. The molecule has 1 atom stereocenters. The predicted octanol–water partition coefficient (Wildman–Crippen LogP) is 1.62. The number of nitrogens with two attached hydrogens (primary N) is 1. The van der Waals surface area contributed by atoms with Gasteiger partial charge in [0.1, 0.15) is 0 Å². The molecule has 1 saturated heterocycles. The SMILES string of the molecule is Cc1ccc(C(O)CN2CCC(CC(N)=O)CC2)cc1. The van der Waals surface area contributed by atoms with Gasteiger partial charge in [0.2, 0.25) is 5.91 Å². The van der Waals surface area contributed by atoms with Crippen LogP contribution in [0.5, 0.6) is 0 Å². The molecule has 1 amide bonds. The first-order valence-electron chi connectivity index (χ1n) is 7.30. The summed E-state index contributed by atoms with van der Waals surface area (Å²) >= 11 is 0. The van der Waals surface area contributed by atoms with Gasteiger partial charge in [0, 0.05) is 13.0 Å². The summed E-state index contributed by atoms with van der Waals surface area (Å²) in [7, 11) is 0. The van der Waals surface area contributed by atoms with Crippen LogP contribution in [0.3, 0.4) is 0 Å². The van der Waals surface area contributed by atoms with E-state index in [1.54, 1.807) is 0 Å². The number of aliphatic hydroxyl groups excluding tert-OH is 1. The summed E-state index contributed by atoms with van der Waals surface area (Å²) in [6.07, 6.45) is 2.03. The number of amides is 1. The highest BCUT2D eigenvalue weighted by atomic mass is 16.3. The lowest BCUT2D eigenvalue weighted by Gasteiger charge is -2.32. The van der Waals surface area contributed by atoms with Gasteiger partial charge in [0.05, 0.1) is 6.10 Å². The lowest BCUT2D eigenvalue weighted by molar-refractivity contribution is -0.119. The minimum Gasteiger partial charge on any atom is -0.387 e. The topological polar surface area (TPSA) is 66.6 Å². The van der Waals surface area contributed by atoms with Gasteiger partial charge in [-0.25, -0.2) is 0 Å². The number of piperidine rings is 1. The number of likely N-dealkylation sites (tertiary alicyclic amines) is 1. The number of rotatable bonds is 5. The van der Waals surface area contributed by atoms with Crippen LogP contribution in [0, 0.1) is 12.8 Å². The second-order valence-electron chi connectivity index (χ2n) is 5.84. The van der Waals surface area contributed by atoms with Gasteiger partial charge in [-0.15, -0.1) is 0 Å². The number of carbonyl (C=O) groups is 1. The van der Waals surface area contributed by atoms with E-state index in [1.165, 1.54) is 5.56 Å². The largest absolute Gasteiger partial charge is 0.387 e. The Bertz CT molecular complexity index is 436. The van der Waals surface area contributed by atoms with Gasteiger partial charge in [-0.2, -0.15) is 0 Å². The lowest BCUT2D eigenvalue weighted by atomic mass is 9.93. The summed E-state index contributed by atoms with van der Waals surface area (Å²) in [6, 6.07) is 8.02. The number of β-amino-alcohol motifs (C(OH)–C–C–N with tert-alkyl or cyclic N) is 1. The van der Waals surface area contributed by atoms with E-state index < -0.39 is 6.10 Å². The van der Waals surface area contributed by atoms with Crippen LogP contribution < -0.4 is 5.73 Å². The highest BCUT2D eigenvalue weighted by Gasteiger charge is 2.22. The molecule has 1 aliphatic heterocycles. The Balaban J connectivity index is 1.80. The fraction of sp³-hybridized carbons (Fsp3) is 0.562. The monoisotopic (exact) mass is 276 g/mol. The first-order chi connectivity index (χ1) is 9.54. The maximum Gasteiger partial charge on any atom is 0.217 e. The van der Waals surface area contributed by atoms with E-state index in [2.05, 4.69) is 4.90 Å². The highest BCUT2D eigenvalue weighted by Crippen LogP contribution is 2.22. The van der Waals surface area contributed by atoms with Crippen LogP contribution in [-0.4, -0.2) is 35.5 Å². The number of hydrogen-bond donors (Lipinski definition) is 2. The van der Waals surface area contributed by atoms with Gasteiger partial charge < -0.3 is 15.7 Å². The van der Waals surface area contributed by atoms with Crippen molar-refractivity contribution in [1.82, 2.24) is 4.90 Å². The number of carbonyl (C=O) groups excluding carboxylic acids is 1. The molecule has 1 fully saturated rings. The minimum absolute atomic E-state index is 0.205. The Kier molecular flexibility index (Phi) is 5.15. The number of aryl methyl sites for hydroxylation is 1. The van der Waals surface area contributed by atoms with Crippen molar-refractivity contribution in [2.45, 2.75) is 32.3 Å². The van der Waals surface area contributed by atoms with Crippen LogP contribution >= 0.6 is 0 Å². The zero-order valence-electron chi connectivity index (χ0n) is 12.1. The van der Waals surface area contributed by atoms with Gasteiger partial charge in [-0.1, -0.05) is 29.8 Å². The van der Waals surface area contributed by atoms with E-state index in [1.807, 2.05) is 31.2 Å². The molecular formula is C16H24N2O2. The standard InChI is InChI=1S/C16H24N2O2/c1-12-2-4-14(5-3-12)15(19)11-18-8-6-13(7-9-18)10-16(17)20/h2-5,13,15,19H,6-11H2,1H3,(H2,17,20). The number of hydrogen-bond acceptors (Lipinski definition) is 3. The third kappa shape index (κ3) is 4.32. The molecule has 0 saturated carbocycles. The molecule has 1 aromatic rings. The molecule has 4 nitrogen and oxygen atoms in total. The zero-order chi connectivity index (χ0) is 14.5. The predicted molar refractivity (Wildman–Crippen MR) is 79.1 cm³/mol. The van der Waals surface area contributed by atoms with Gasteiger partial charge in [0.15, 0.2) is 0 Å². The molecule has 0 radical (unpaired) electrons. The van der Waals surface area contributed by atoms with Crippen LogP contribution in [0.2, 0.25) is 0 Å². The number of primary amides is 1. The van der Waals surface area contributed by atoms with Crippen molar-refractivity contribution < 1.29 is 9.90 Å². The van der Waals surface area contributed by atoms with Crippen molar-refractivity contribution in [1.29, 1.82) is 0 Å². The molecule has 110 valence electrons. The molecule has 1 unspecified atom stereocenters. The van der Waals surface area contributed by atoms with Crippen molar-refractivity contribution in [3.63, 3.8) is 0 Å². The van der Waals surface area contributed by atoms with Crippen molar-refractivity contribution in [2.24, 2.45) is 11.7 Å². The van der Waals surface area contributed by atoms with E-state index in [9.17, 15) is 9.90 Å². The van der Waals surface area contributed by atoms with Crippen molar-refractivity contribution >= 4 is 5.91 Å². The van der Waals surface area contributed by atoms with Gasteiger partial charge in [0.25, 0.3) is 0 Å². The van der Waals surface area contributed by atoms with E-state index in [4.69, 9.17) is 5.73 Å². The van der Waals surface area contributed by atoms with Gasteiger partial charge in [-0.05, 0) is 44.3 Å². The summed E-state index contributed by atoms with van der Waals surface area (Å²) < 4.78 is 0. The number of benzene rings is 1. The smallest absolute Gasteiger partial charge is 0.217 e. The van der Waals surface area contributed by atoms with Crippen LogP contribution in [0.15, 0.2) is 24.3 Å². The number of nitrogens with zero attached hydrogens (tertiary/aromatic N) is 1. The van der Waals surface area contributed by atoms with Crippen LogP contribution in [0.4, 0.5) is 0 Å². The Morgan fingerprint density at radius 1 is 1.35 bits per heavy atom. The van der Waals surface area contributed by atoms with Crippen molar-refractivity contribution in [3.05, 3.63) is 35.4 Å². The molecule has 20 heavy (non-hydrogen) atoms. The van der Waals surface area contributed by atoms with E-state index in [0.29, 0.717) is 18.9 Å². The quantitative estimate of drug-likeness (QED) is 0.858. The molecular weight excluding hydrogens is 252 g/mol. The number of aliphatic hydroxyl groups is 1. The summed E-state index contributed by atoms with van der Waals surface area (Å²) in [5, 5.41) is 10.3. The average Bonchev–Trinajstić information content (AvgIpc) is 2.41. The lowest BCUT2D eigenvalue weighted by Crippen LogP contribution is -2.37. The third-order valence-corrected chi connectivity index (χ3v) is 4.09. The molecule has 1 heterocycles. The summed E-state index contributed by atoms with van der Waals surface area (Å²) in [5.74, 6) is 0.211. The van der Waals surface area contributed by atoms with Crippen LogP contribution in [0.1, 0.15) is 36.5 Å². The molecule has 4 heteroatoms. The van der Waals surface area contributed by atoms with Crippen LogP contribution in [0.25, 0.3) is 0 Å². The maximum absolute atomic E-state index is 10.9. The fourth-order valence-corrected chi connectivity index (χ4v) is 2.80. The van der Waals surface area contributed by atoms with Crippen molar-refractivity contribution in [3.8, 4) is 0 Å². The van der Waals surface area contributed by atoms with Gasteiger partial charge in [-0.3, -0.25) is 4.79 Å². The second kappa shape index (κ2) is 6.86. The van der Waals surface area contributed by atoms with Gasteiger partial charge >= 0.3 is 0 Å². The second-order valence-corrected chi connectivity index (χ2v) is 5.84. The Hall–Kier alpha value is -1.39. The Labute approximate surface area is 120 Å². The van der Waals surface area contributed by atoms with E-state index in [0.717, 1.165) is 31.5 Å². The molecule has 1 aliphatic rings. The highest BCUT2D eigenvalue weighted by molar-refractivity contribution is 5.73. The summed E-state index contributed by atoms with van der Waals surface area (Å²) in [5.41, 5.74) is 7.40. The Morgan fingerprint density at radius 3 is 2.50 bits per heavy atom. The normalized spacial score (nSPS) is 18.9. The molecule has 0 aromatic heterocycles. The first-order valence-corrected chi connectivity index (χ1v) is 7.30. The molecule has 3 N–H and O–H groups in total. The van der Waals surface area contributed by atoms with E-state index in [-0.39, 0.29) is 5.91 Å². The average molecular weight is 276 g/mol. The van der Waals surface area contributed by atoms with Crippen molar-refractivity contribution in [2.75, 3.05) is 19.6 Å². The third-order valence-electron chi connectivity index (χ3n) is 4.09. The first kappa shape index (κ1) is 15.0. The van der Waals surface area contributed by atoms with Crippen LogP contribution in [-0.2, 0) is 4.79 Å². The maximum atomic E-state index is 10.9. The summed E-state index contributed by atoms with van der Waals surface area (Å²) in [6.45, 7) is 4.56. The molecule has 1 aromatic carbocycles. The molecule has 0 bridgehead atoms. The molecule has 0 spiro atoms. The Morgan fingerprint density at radius 2 is 1.95 bits per heavy atom. The fourth-order valence-electron chi connectivity index (χ4n) is 2.80.